The molecule has 0 heterocycles. The molecule has 0 bridgehead atoms. The first kappa shape index (κ1) is 63.7. The van der Waals surface area contributed by atoms with Crippen LogP contribution in [0.25, 0.3) is 44.5 Å². The molecule has 0 aliphatic rings. The van der Waals surface area contributed by atoms with Gasteiger partial charge in [0.2, 0.25) is 0 Å². The minimum absolute atomic E-state index is 0.128. The molecule has 8 rings (SSSR count). The van der Waals surface area contributed by atoms with Gasteiger partial charge in [0.15, 0.2) is 0 Å². The highest BCUT2D eigenvalue weighted by Crippen LogP contribution is 2.37. The minimum atomic E-state index is -4.75. The third-order valence-electron chi connectivity index (χ3n) is 11.4. The number of aryl methyl sites for hydroxylation is 1. The molecular weight excluding hydrogens is 1130 g/mol. The molecule has 428 valence electrons. The van der Waals surface area contributed by atoms with Crippen LogP contribution in [0.1, 0.15) is 38.9 Å². The summed E-state index contributed by atoms with van der Waals surface area (Å²) in [6, 6.07) is 37.7. The largest absolute Gasteiger partial charge is 0.573 e. The van der Waals surface area contributed by atoms with Gasteiger partial charge >= 0.3 is 42.6 Å². The van der Waals surface area contributed by atoms with Gasteiger partial charge in [-0.15, -0.1) is 13.2 Å². The van der Waals surface area contributed by atoms with Crippen LogP contribution in [-0.2, 0) is 57.2 Å². The molecule has 0 spiro atoms. The summed E-state index contributed by atoms with van der Waals surface area (Å²) in [5.41, 5.74) is 4.83. The standard InChI is InChI=1S/C16H10F6O2.C15H10ClF3O3.C15H13FO2.C14H10F2O2/c17-15(18,19)11-3-1-9(2-4-11)13-6-5-12(16(20,21)22)7-10(13)8-14(23)24;16-11-3-6-13(10(7-11)8-14(20)21)9-1-4-12(5-2-9)22-15(17,18)19;1-10-2-4-11(5-3-10)14-7-6-13(16)8-12(14)9-15(17)18;15-11-3-1-9(2-4-11)13-6-5-12(16)7-10(13)8-14(17)18/h1-7H,8H2,(H,23,24);1-7H,8H2,(H,20,21);2-8H,9H2,1H3,(H,17,18);1-7H,8H2,(H,17,18). The van der Waals surface area contributed by atoms with Gasteiger partial charge in [-0.05, 0) is 159 Å². The third kappa shape index (κ3) is 19.9. The summed E-state index contributed by atoms with van der Waals surface area (Å²) < 4.78 is 155. The van der Waals surface area contributed by atoms with Crippen LogP contribution in [-0.4, -0.2) is 50.7 Å². The van der Waals surface area contributed by atoms with E-state index in [-0.39, 0.29) is 47.5 Å². The second-order valence-corrected chi connectivity index (χ2v) is 18.0. The predicted octanol–water partition coefficient (Wildman–Crippen LogP) is 16.2. The van der Waals surface area contributed by atoms with Crippen LogP contribution in [0.4, 0.5) is 52.7 Å². The van der Waals surface area contributed by atoms with Gasteiger partial charge in [-0.1, -0.05) is 102 Å². The smallest absolute Gasteiger partial charge is 0.481 e. The molecule has 0 aromatic heterocycles. The molecule has 0 amide bonds. The topological polar surface area (TPSA) is 158 Å². The van der Waals surface area contributed by atoms with Crippen molar-refractivity contribution in [3.05, 3.63) is 231 Å². The number of ether oxygens (including phenoxy) is 1. The van der Waals surface area contributed by atoms with E-state index in [0.717, 1.165) is 53.1 Å². The summed E-state index contributed by atoms with van der Waals surface area (Å²) in [6.45, 7) is 1.98. The van der Waals surface area contributed by atoms with Crippen molar-refractivity contribution in [3.63, 3.8) is 0 Å². The average molecular weight is 1170 g/mol. The van der Waals surface area contributed by atoms with Crippen molar-refractivity contribution in [2.24, 2.45) is 0 Å². The Morgan fingerprint density at radius 3 is 1.07 bits per heavy atom. The van der Waals surface area contributed by atoms with Gasteiger partial charge in [-0.2, -0.15) is 26.3 Å². The fourth-order valence-corrected chi connectivity index (χ4v) is 8.05. The van der Waals surface area contributed by atoms with E-state index in [2.05, 4.69) is 4.74 Å². The van der Waals surface area contributed by atoms with Gasteiger partial charge in [-0.25, -0.2) is 13.2 Å². The zero-order chi connectivity index (χ0) is 60.7. The second kappa shape index (κ2) is 27.9. The number of hydrogen-bond acceptors (Lipinski definition) is 5. The molecule has 9 nitrogen and oxygen atoms in total. The van der Waals surface area contributed by atoms with Crippen LogP contribution in [0.15, 0.2) is 170 Å². The second-order valence-electron chi connectivity index (χ2n) is 17.6. The maximum absolute atomic E-state index is 13.2. The first-order valence-electron chi connectivity index (χ1n) is 23.6. The van der Waals surface area contributed by atoms with Crippen molar-refractivity contribution in [1.82, 2.24) is 0 Å². The van der Waals surface area contributed by atoms with Crippen LogP contribution in [0, 0.1) is 24.4 Å². The Labute approximate surface area is 463 Å². The predicted molar refractivity (Wildman–Crippen MR) is 279 cm³/mol. The lowest BCUT2D eigenvalue weighted by atomic mass is 9.94. The molecule has 0 aliphatic heterocycles. The van der Waals surface area contributed by atoms with Crippen LogP contribution >= 0.6 is 11.6 Å². The summed E-state index contributed by atoms with van der Waals surface area (Å²) >= 11 is 5.85. The Hall–Kier alpha value is -9.11. The Morgan fingerprint density at radius 1 is 0.390 bits per heavy atom. The Balaban J connectivity index is 0.000000202. The molecule has 0 fully saturated rings. The lowest BCUT2D eigenvalue weighted by Gasteiger charge is -2.14. The third-order valence-corrected chi connectivity index (χ3v) is 11.7. The SMILES string of the molecule is Cc1ccc(-c2ccc(F)cc2CC(=O)O)cc1.O=C(O)Cc1cc(C(F)(F)F)ccc1-c1ccc(C(F)(F)F)cc1.O=C(O)Cc1cc(Cl)ccc1-c1ccc(OC(F)(F)F)cc1.O=C(O)Cc1cc(F)ccc1-c1ccc(F)cc1. The first-order valence-corrected chi connectivity index (χ1v) is 24.0. The average Bonchev–Trinajstić information content (AvgIpc) is 3.56. The molecule has 8 aromatic rings. The summed E-state index contributed by atoms with van der Waals surface area (Å²) in [6.07, 6.45) is -15.3. The summed E-state index contributed by atoms with van der Waals surface area (Å²) in [5, 5.41) is 35.8. The van der Waals surface area contributed by atoms with Crippen molar-refractivity contribution in [3.8, 4) is 50.3 Å². The lowest BCUT2D eigenvalue weighted by molar-refractivity contribution is -0.274. The lowest BCUT2D eigenvalue weighted by Crippen LogP contribution is -2.16. The monoisotopic (exact) mass is 1170 g/mol. The van der Waals surface area contributed by atoms with E-state index < -0.39 is 71.8 Å². The van der Waals surface area contributed by atoms with Crippen molar-refractivity contribution < 1.29 is 97.0 Å². The van der Waals surface area contributed by atoms with E-state index in [4.69, 9.17) is 32.0 Å². The van der Waals surface area contributed by atoms with Gasteiger partial charge in [0.1, 0.15) is 23.2 Å². The summed E-state index contributed by atoms with van der Waals surface area (Å²) in [5.74, 6) is -5.99. The zero-order valence-corrected chi connectivity index (χ0v) is 43.0. The minimum Gasteiger partial charge on any atom is -0.481 e. The molecule has 22 heteroatoms. The van der Waals surface area contributed by atoms with E-state index >= 15 is 0 Å². The number of benzene rings is 8. The van der Waals surface area contributed by atoms with E-state index in [1.54, 1.807) is 18.2 Å². The molecule has 0 saturated heterocycles. The summed E-state index contributed by atoms with van der Waals surface area (Å²) in [4.78, 5) is 43.3. The number of carboxylic acid groups (broad SMARTS) is 4. The molecule has 0 aliphatic carbocycles. The van der Waals surface area contributed by atoms with Crippen molar-refractivity contribution in [2.75, 3.05) is 0 Å². The zero-order valence-electron chi connectivity index (χ0n) is 42.2. The number of hydrogen-bond donors (Lipinski definition) is 4. The van der Waals surface area contributed by atoms with Gasteiger partial charge in [0.25, 0.3) is 0 Å². The van der Waals surface area contributed by atoms with E-state index in [1.807, 2.05) is 31.2 Å². The number of alkyl halides is 9. The summed E-state index contributed by atoms with van der Waals surface area (Å²) in [7, 11) is 0. The maximum Gasteiger partial charge on any atom is 0.573 e. The molecule has 82 heavy (non-hydrogen) atoms. The van der Waals surface area contributed by atoms with Crippen LogP contribution in [0.5, 0.6) is 5.75 Å². The Kier molecular flexibility index (Phi) is 21.6. The maximum atomic E-state index is 13.2. The molecule has 0 radical (unpaired) electrons. The normalized spacial score (nSPS) is 11.1. The number of carbonyl (C=O) groups is 4. The quantitative estimate of drug-likeness (QED) is 0.0825. The first-order chi connectivity index (χ1) is 38.3. The fraction of sp³-hybridized carbons (Fsp3) is 0.133. The Bertz CT molecular complexity index is 3400. The van der Waals surface area contributed by atoms with Gasteiger partial charge in [-0.3, -0.25) is 19.2 Å². The number of rotatable bonds is 13. The molecule has 4 N–H and O–H groups in total. The molecule has 0 unspecified atom stereocenters. The van der Waals surface area contributed by atoms with Crippen LogP contribution < -0.4 is 4.74 Å². The van der Waals surface area contributed by atoms with Crippen molar-refractivity contribution in [2.45, 2.75) is 51.3 Å². The van der Waals surface area contributed by atoms with Gasteiger partial charge in [0, 0.05) is 5.02 Å². The number of halogens is 13. The van der Waals surface area contributed by atoms with Crippen LogP contribution in [0.3, 0.4) is 0 Å². The van der Waals surface area contributed by atoms with Crippen LogP contribution in [0.2, 0.25) is 5.02 Å². The highest BCUT2D eigenvalue weighted by molar-refractivity contribution is 6.30. The number of aliphatic carboxylic acids is 4. The molecular formula is C60H43ClF12O9. The van der Waals surface area contributed by atoms with Gasteiger partial charge in [0.05, 0.1) is 36.8 Å². The van der Waals surface area contributed by atoms with Crippen molar-refractivity contribution >= 4 is 35.5 Å². The Morgan fingerprint density at radius 2 is 0.695 bits per heavy atom. The molecule has 0 saturated carbocycles. The molecule has 8 aromatic carbocycles. The van der Waals surface area contributed by atoms with E-state index in [9.17, 15) is 71.9 Å². The van der Waals surface area contributed by atoms with Crippen molar-refractivity contribution in [1.29, 1.82) is 0 Å². The van der Waals surface area contributed by atoms with E-state index in [1.165, 1.54) is 84.9 Å². The fourth-order valence-electron chi connectivity index (χ4n) is 7.86. The highest BCUT2D eigenvalue weighted by atomic mass is 35.5. The highest BCUT2D eigenvalue weighted by Gasteiger charge is 2.33. The number of carboxylic acids is 4. The van der Waals surface area contributed by atoms with E-state index in [0.29, 0.717) is 50.0 Å². The molecule has 0 atom stereocenters. The van der Waals surface area contributed by atoms with Gasteiger partial charge < -0.3 is 25.2 Å².